The summed E-state index contributed by atoms with van der Waals surface area (Å²) in [5, 5.41) is 7.96. The SMILES string of the molecule is [2H]C([2H])([2H])N(c1cc(=O)n(CC)cn1)c1cc2ncnc(N)c2c(Oc2c(C)ccc3[nH]ncc23)n1. The van der Waals surface area contributed by atoms with Crippen LogP contribution in [0, 0.1) is 6.92 Å². The Hall–Kier alpha value is -4.54. The average Bonchev–Trinajstić information content (AvgIpc) is 3.29. The van der Waals surface area contributed by atoms with Crippen LogP contribution >= 0.6 is 0 Å². The van der Waals surface area contributed by atoms with Gasteiger partial charge in [-0.25, -0.2) is 15.0 Å². The molecular formula is C22H21N9O2. The van der Waals surface area contributed by atoms with Crippen LogP contribution in [0.15, 0.2) is 47.9 Å². The lowest BCUT2D eigenvalue weighted by molar-refractivity contribution is 0.471. The number of hydrogen-bond acceptors (Lipinski definition) is 9. The highest BCUT2D eigenvalue weighted by molar-refractivity contribution is 5.95. The fourth-order valence-electron chi connectivity index (χ4n) is 3.47. The van der Waals surface area contributed by atoms with Gasteiger partial charge in [-0.2, -0.15) is 10.1 Å². The lowest BCUT2D eigenvalue weighted by Crippen LogP contribution is -2.22. The van der Waals surface area contributed by atoms with E-state index in [1.807, 2.05) is 19.1 Å². The lowest BCUT2D eigenvalue weighted by Gasteiger charge is -2.19. The minimum atomic E-state index is -2.74. The van der Waals surface area contributed by atoms with E-state index in [-0.39, 0.29) is 23.3 Å². The maximum absolute atomic E-state index is 12.5. The molecule has 0 radical (unpaired) electrons. The third-order valence-electron chi connectivity index (χ3n) is 5.24. The predicted molar refractivity (Wildman–Crippen MR) is 125 cm³/mol. The minimum absolute atomic E-state index is 0.00597. The van der Waals surface area contributed by atoms with Crippen molar-refractivity contribution in [3.8, 4) is 11.6 Å². The molecule has 33 heavy (non-hydrogen) atoms. The van der Waals surface area contributed by atoms with Crippen molar-refractivity contribution in [3.05, 3.63) is 59.0 Å². The molecule has 3 N–H and O–H groups in total. The summed E-state index contributed by atoms with van der Waals surface area (Å²) in [5.41, 5.74) is 7.58. The lowest BCUT2D eigenvalue weighted by atomic mass is 10.1. The van der Waals surface area contributed by atoms with Gasteiger partial charge in [0.05, 0.1) is 28.9 Å². The van der Waals surface area contributed by atoms with E-state index < -0.39 is 12.5 Å². The molecule has 0 atom stereocenters. The van der Waals surface area contributed by atoms with E-state index in [4.69, 9.17) is 14.6 Å². The van der Waals surface area contributed by atoms with Crippen molar-refractivity contribution in [1.29, 1.82) is 0 Å². The Morgan fingerprint density at radius 3 is 2.91 bits per heavy atom. The molecule has 5 rings (SSSR count). The first-order chi connectivity index (χ1) is 17.2. The molecular weight excluding hydrogens is 422 g/mol. The second kappa shape index (κ2) is 7.86. The highest BCUT2D eigenvalue weighted by Crippen LogP contribution is 2.37. The summed E-state index contributed by atoms with van der Waals surface area (Å²) in [5.74, 6) is 0.398. The second-order valence-corrected chi connectivity index (χ2v) is 7.29. The number of nitrogen functional groups attached to an aromatic ring is 1. The van der Waals surface area contributed by atoms with Gasteiger partial charge in [-0.05, 0) is 25.5 Å². The van der Waals surface area contributed by atoms with E-state index in [1.165, 1.54) is 23.3 Å². The van der Waals surface area contributed by atoms with Gasteiger partial charge in [0.15, 0.2) is 0 Å². The number of benzene rings is 1. The Labute approximate surface area is 192 Å². The highest BCUT2D eigenvalue weighted by atomic mass is 16.5. The van der Waals surface area contributed by atoms with Crippen LogP contribution in [0.2, 0.25) is 0 Å². The van der Waals surface area contributed by atoms with Gasteiger partial charge in [-0.15, -0.1) is 0 Å². The molecule has 0 saturated heterocycles. The molecule has 0 amide bonds. The summed E-state index contributed by atoms with van der Waals surface area (Å²) in [6.07, 6.45) is 4.16. The molecule has 0 fully saturated rings. The topological polar surface area (TPSA) is 141 Å². The van der Waals surface area contributed by atoms with E-state index in [2.05, 4.69) is 30.1 Å². The monoisotopic (exact) mass is 446 g/mol. The zero-order valence-electron chi connectivity index (χ0n) is 20.8. The van der Waals surface area contributed by atoms with Crippen LogP contribution in [-0.4, -0.2) is 41.7 Å². The smallest absolute Gasteiger partial charge is 0.255 e. The number of aromatic nitrogens is 7. The number of aryl methyl sites for hydroxylation is 2. The molecule has 11 nitrogen and oxygen atoms in total. The number of ether oxygens (including phenoxy) is 1. The van der Waals surface area contributed by atoms with Crippen LogP contribution < -0.4 is 20.9 Å². The molecule has 0 spiro atoms. The maximum atomic E-state index is 12.5. The fraction of sp³-hybridized carbons (Fsp3) is 0.182. The summed E-state index contributed by atoms with van der Waals surface area (Å²) < 4.78 is 32.1. The molecule has 0 saturated carbocycles. The summed E-state index contributed by atoms with van der Waals surface area (Å²) in [7, 11) is 0. The van der Waals surface area contributed by atoms with Crippen LogP contribution in [-0.2, 0) is 6.54 Å². The van der Waals surface area contributed by atoms with Gasteiger partial charge < -0.3 is 15.4 Å². The van der Waals surface area contributed by atoms with Gasteiger partial charge in [0, 0.05) is 29.8 Å². The van der Waals surface area contributed by atoms with Crippen LogP contribution in [0.3, 0.4) is 0 Å². The predicted octanol–water partition coefficient (Wildman–Crippen LogP) is 2.93. The largest absolute Gasteiger partial charge is 0.437 e. The van der Waals surface area contributed by atoms with E-state index >= 15 is 0 Å². The number of hydrogen-bond donors (Lipinski definition) is 2. The number of fused-ring (bicyclic) bond motifs is 2. The third kappa shape index (κ3) is 3.49. The molecule has 0 aliphatic carbocycles. The zero-order valence-corrected chi connectivity index (χ0v) is 17.8. The summed E-state index contributed by atoms with van der Waals surface area (Å²) >= 11 is 0. The number of nitrogens with zero attached hydrogens (tertiary/aromatic N) is 7. The van der Waals surface area contributed by atoms with Gasteiger partial charge in [0.25, 0.3) is 5.56 Å². The number of nitrogens with two attached hydrogens (primary N) is 1. The Balaban J connectivity index is 1.74. The third-order valence-corrected chi connectivity index (χ3v) is 5.24. The van der Waals surface area contributed by atoms with Crippen molar-refractivity contribution in [2.45, 2.75) is 20.4 Å². The molecule has 166 valence electrons. The van der Waals surface area contributed by atoms with Crippen molar-refractivity contribution < 1.29 is 8.85 Å². The van der Waals surface area contributed by atoms with E-state index in [9.17, 15) is 4.79 Å². The molecule has 0 unspecified atom stereocenters. The maximum Gasteiger partial charge on any atom is 0.255 e. The van der Waals surface area contributed by atoms with E-state index in [0.29, 0.717) is 28.6 Å². The van der Waals surface area contributed by atoms with Gasteiger partial charge in [-0.1, -0.05) is 6.07 Å². The fourth-order valence-corrected chi connectivity index (χ4v) is 3.47. The van der Waals surface area contributed by atoms with Crippen LogP contribution in [0.4, 0.5) is 17.5 Å². The Morgan fingerprint density at radius 1 is 1.24 bits per heavy atom. The van der Waals surface area contributed by atoms with Gasteiger partial charge in [-0.3, -0.25) is 14.5 Å². The molecule has 1 aromatic carbocycles. The van der Waals surface area contributed by atoms with Crippen molar-refractivity contribution in [1.82, 2.24) is 34.7 Å². The standard InChI is InChI=1S/C22H21N9O2/c1-4-31-11-26-16(8-18(31)32)30(3)17-7-15-19(21(23)25-10-24-15)22(28-17)33-20-12(2)5-6-14-13(20)9-27-29-14/h5-11H,4H2,1-3H3,(H,27,29)(H2,23,24,25)/i3D3. The first kappa shape index (κ1) is 17.1. The quantitative estimate of drug-likeness (QED) is 0.417. The van der Waals surface area contributed by atoms with Crippen molar-refractivity contribution in [2.75, 3.05) is 17.6 Å². The number of H-pyrrole nitrogens is 1. The number of nitrogens with one attached hydrogen (secondary N) is 1. The molecule has 4 heterocycles. The highest BCUT2D eigenvalue weighted by Gasteiger charge is 2.19. The first-order valence-electron chi connectivity index (χ1n) is 11.6. The number of aromatic amines is 1. The van der Waals surface area contributed by atoms with Crippen LogP contribution in [0.1, 0.15) is 16.6 Å². The first-order valence-corrected chi connectivity index (χ1v) is 10.1. The van der Waals surface area contributed by atoms with Crippen molar-refractivity contribution >= 4 is 39.3 Å². The Bertz CT molecular complexity index is 1660. The van der Waals surface area contributed by atoms with Crippen molar-refractivity contribution in [2.24, 2.45) is 0 Å². The summed E-state index contributed by atoms with van der Waals surface area (Å²) in [4.78, 5) is 30.3. The molecule has 5 aromatic rings. The minimum Gasteiger partial charge on any atom is -0.437 e. The number of anilines is 3. The van der Waals surface area contributed by atoms with E-state index in [0.717, 1.165) is 22.0 Å². The number of rotatable bonds is 5. The molecule has 11 heteroatoms. The molecule has 0 bridgehead atoms. The Kier molecular flexibility index (Phi) is 4.06. The van der Waals surface area contributed by atoms with Gasteiger partial charge in [0.2, 0.25) is 5.88 Å². The molecule has 4 aromatic heterocycles. The van der Waals surface area contributed by atoms with Crippen molar-refractivity contribution in [3.63, 3.8) is 0 Å². The van der Waals surface area contributed by atoms with Crippen LogP contribution in [0.25, 0.3) is 21.8 Å². The zero-order chi connectivity index (χ0) is 25.6. The van der Waals surface area contributed by atoms with Gasteiger partial charge >= 0.3 is 0 Å². The molecule has 0 aliphatic heterocycles. The Morgan fingerprint density at radius 2 is 2.12 bits per heavy atom. The van der Waals surface area contributed by atoms with E-state index in [1.54, 1.807) is 13.1 Å². The van der Waals surface area contributed by atoms with Crippen LogP contribution in [0.5, 0.6) is 11.6 Å². The summed E-state index contributed by atoms with van der Waals surface area (Å²) in [6.45, 7) is 1.29. The normalized spacial score (nSPS) is 13.0. The van der Waals surface area contributed by atoms with Gasteiger partial charge in [0.1, 0.15) is 34.9 Å². The molecule has 0 aliphatic rings. The average molecular weight is 446 g/mol. The summed E-state index contributed by atoms with van der Waals surface area (Å²) in [6, 6.07) is 6.30. The second-order valence-electron chi connectivity index (χ2n) is 7.29. The number of pyridine rings is 1.